The van der Waals surface area contributed by atoms with Crippen molar-refractivity contribution in [3.8, 4) is 11.5 Å². The molecule has 20 heavy (non-hydrogen) atoms. The van der Waals surface area contributed by atoms with Gasteiger partial charge in [-0.1, -0.05) is 6.07 Å². The monoisotopic (exact) mass is 270 g/mol. The quantitative estimate of drug-likeness (QED) is 0.929. The van der Waals surface area contributed by atoms with E-state index >= 15 is 0 Å². The Morgan fingerprint density at radius 3 is 2.70 bits per heavy atom. The van der Waals surface area contributed by atoms with Crippen LogP contribution < -0.4 is 14.8 Å². The van der Waals surface area contributed by atoms with E-state index in [0.29, 0.717) is 0 Å². The standard InChI is InChI=1S/C16H18N2O2/c1-19-14-8-11-5-7-18-16(12-4-3-6-17-10-12)13(11)9-15(14)20-2/h3-4,6,8-10,16,18H,5,7H2,1-2H3/t16-/m1/s1. The van der Waals surface area contributed by atoms with Gasteiger partial charge < -0.3 is 14.8 Å². The van der Waals surface area contributed by atoms with Crippen molar-refractivity contribution in [2.45, 2.75) is 12.5 Å². The van der Waals surface area contributed by atoms with Crippen molar-refractivity contribution in [1.29, 1.82) is 0 Å². The van der Waals surface area contributed by atoms with Gasteiger partial charge in [-0.25, -0.2) is 0 Å². The van der Waals surface area contributed by atoms with Gasteiger partial charge in [0.1, 0.15) is 0 Å². The molecule has 3 rings (SSSR count). The van der Waals surface area contributed by atoms with Crippen molar-refractivity contribution in [2.75, 3.05) is 20.8 Å². The average Bonchev–Trinajstić information content (AvgIpc) is 2.53. The third-order valence-electron chi connectivity index (χ3n) is 3.72. The van der Waals surface area contributed by atoms with E-state index in [2.05, 4.69) is 28.5 Å². The van der Waals surface area contributed by atoms with Crippen LogP contribution in [-0.2, 0) is 6.42 Å². The Labute approximate surface area is 118 Å². The summed E-state index contributed by atoms with van der Waals surface area (Å²) in [6, 6.07) is 8.37. The van der Waals surface area contributed by atoms with Crippen LogP contribution in [-0.4, -0.2) is 25.7 Å². The van der Waals surface area contributed by atoms with Crippen molar-refractivity contribution in [3.63, 3.8) is 0 Å². The molecule has 1 atom stereocenters. The minimum Gasteiger partial charge on any atom is -0.493 e. The van der Waals surface area contributed by atoms with E-state index in [1.807, 2.05) is 12.3 Å². The maximum atomic E-state index is 5.42. The topological polar surface area (TPSA) is 43.4 Å². The number of ether oxygens (including phenoxy) is 2. The van der Waals surface area contributed by atoms with Crippen LogP contribution in [0.15, 0.2) is 36.7 Å². The average molecular weight is 270 g/mol. The normalized spacial score (nSPS) is 17.4. The molecule has 104 valence electrons. The number of hydrogen-bond acceptors (Lipinski definition) is 4. The first-order chi connectivity index (χ1) is 9.83. The highest BCUT2D eigenvalue weighted by Gasteiger charge is 2.23. The zero-order chi connectivity index (χ0) is 13.9. The molecule has 0 bridgehead atoms. The second-order valence-corrected chi connectivity index (χ2v) is 4.83. The van der Waals surface area contributed by atoms with Gasteiger partial charge in [0.15, 0.2) is 11.5 Å². The molecule has 0 saturated heterocycles. The lowest BCUT2D eigenvalue weighted by Crippen LogP contribution is -2.30. The van der Waals surface area contributed by atoms with Crippen LogP contribution >= 0.6 is 0 Å². The number of nitrogens with zero attached hydrogens (tertiary/aromatic N) is 1. The molecular formula is C16H18N2O2. The van der Waals surface area contributed by atoms with Crippen LogP contribution in [0.5, 0.6) is 11.5 Å². The summed E-state index contributed by atoms with van der Waals surface area (Å²) in [5.41, 5.74) is 3.71. The molecule has 0 spiro atoms. The number of rotatable bonds is 3. The van der Waals surface area contributed by atoms with Crippen LogP contribution in [0.25, 0.3) is 0 Å². The van der Waals surface area contributed by atoms with E-state index in [-0.39, 0.29) is 6.04 Å². The Balaban J connectivity index is 2.08. The fraction of sp³-hybridized carbons (Fsp3) is 0.312. The molecule has 1 aromatic heterocycles. The molecular weight excluding hydrogens is 252 g/mol. The van der Waals surface area contributed by atoms with Crippen molar-refractivity contribution in [2.24, 2.45) is 0 Å². The molecule has 0 aliphatic carbocycles. The van der Waals surface area contributed by atoms with Crippen LogP contribution in [0.2, 0.25) is 0 Å². The number of nitrogens with one attached hydrogen (secondary N) is 1. The molecule has 0 amide bonds. The maximum Gasteiger partial charge on any atom is 0.161 e. The van der Waals surface area contributed by atoms with Crippen LogP contribution in [0.3, 0.4) is 0 Å². The van der Waals surface area contributed by atoms with E-state index in [9.17, 15) is 0 Å². The molecule has 1 aliphatic rings. The van der Waals surface area contributed by atoms with Gasteiger partial charge in [0.2, 0.25) is 0 Å². The predicted molar refractivity (Wildman–Crippen MR) is 77.3 cm³/mol. The fourth-order valence-electron chi connectivity index (χ4n) is 2.73. The van der Waals surface area contributed by atoms with Gasteiger partial charge in [-0.15, -0.1) is 0 Å². The third kappa shape index (κ3) is 2.23. The molecule has 0 saturated carbocycles. The minimum absolute atomic E-state index is 0.159. The van der Waals surface area contributed by atoms with Crippen molar-refractivity contribution >= 4 is 0 Å². The van der Waals surface area contributed by atoms with Gasteiger partial charge >= 0.3 is 0 Å². The zero-order valence-electron chi connectivity index (χ0n) is 11.7. The van der Waals surface area contributed by atoms with Crippen molar-refractivity contribution < 1.29 is 9.47 Å². The fourth-order valence-corrected chi connectivity index (χ4v) is 2.73. The van der Waals surface area contributed by atoms with Crippen LogP contribution in [0.1, 0.15) is 22.7 Å². The Morgan fingerprint density at radius 2 is 2.00 bits per heavy atom. The number of pyridine rings is 1. The summed E-state index contributed by atoms with van der Waals surface area (Å²) in [7, 11) is 3.34. The van der Waals surface area contributed by atoms with Crippen molar-refractivity contribution in [3.05, 3.63) is 53.3 Å². The highest BCUT2D eigenvalue weighted by Crippen LogP contribution is 2.37. The first-order valence-corrected chi connectivity index (χ1v) is 6.71. The third-order valence-corrected chi connectivity index (χ3v) is 3.72. The summed E-state index contributed by atoms with van der Waals surface area (Å²) in [5.74, 6) is 1.56. The van der Waals surface area contributed by atoms with E-state index in [4.69, 9.17) is 9.47 Å². The summed E-state index contributed by atoms with van der Waals surface area (Å²) < 4.78 is 10.8. The Morgan fingerprint density at radius 1 is 1.20 bits per heavy atom. The SMILES string of the molecule is COc1cc2c(cc1OC)[C@@H](c1cccnc1)NCC2. The maximum absolute atomic E-state index is 5.42. The molecule has 1 aromatic carbocycles. The number of benzene rings is 1. The van der Waals surface area contributed by atoms with E-state index in [1.54, 1.807) is 20.4 Å². The number of hydrogen-bond donors (Lipinski definition) is 1. The molecule has 2 heterocycles. The first-order valence-electron chi connectivity index (χ1n) is 6.71. The number of aromatic nitrogens is 1. The molecule has 4 nitrogen and oxygen atoms in total. The molecule has 2 aromatic rings. The van der Waals surface area contributed by atoms with Gasteiger partial charge in [0.05, 0.1) is 20.3 Å². The first kappa shape index (κ1) is 12.9. The Bertz CT molecular complexity index is 599. The van der Waals surface area contributed by atoms with Crippen molar-refractivity contribution in [1.82, 2.24) is 10.3 Å². The number of fused-ring (bicyclic) bond motifs is 1. The minimum atomic E-state index is 0.159. The van der Waals surface area contributed by atoms with Crippen LogP contribution in [0.4, 0.5) is 0 Å². The lowest BCUT2D eigenvalue weighted by molar-refractivity contribution is 0.353. The van der Waals surface area contributed by atoms with Gasteiger partial charge in [0, 0.05) is 18.9 Å². The lowest BCUT2D eigenvalue weighted by atomic mass is 9.90. The Kier molecular flexibility index (Phi) is 3.56. The predicted octanol–water partition coefficient (Wildman–Crippen LogP) is 2.33. The second-order valence-electron chi connectivity index (χ2n) is 4.83. The molecule has 1 N–H and O–H groups in total. The van der Waals surface area contributed by atoms with E-state index < -0.39 is 0 Å². The molecule has 0 fully saturated rings. The summed E-state index contributed by atoms with van der Waals surface area (Å²) in [6.45, 7) is 0.946. The zero-order valence-corrected chi connectivity index (χ0v) is 11.7. The van der Waals surface area contributed by atoms with Gasteiger partial charge in [-0.05, 0) is 41.3 Å². The molecule has 0 radical (unpaired) electrons. The lowest BCUT2D eigenvalue weighted by Gasteiger charge is -2.28. The summed E-state index contributed by atoms with van der Waals surface area (Å²) in [4.78, 5) is 4.21. The van der Waals surface area contributed by atoms with E-state index in [1.165, 1.54) is 16.7 Å². The summed E-state index contributed by atoms with van der Waals surface area (Å²) in [6.07, 6.45) is 4.69. The number of methoxy groups -OCH3 is 2. The highest BCUT2D eigenvalue weighted by atomic mass is 16.5. The molecule has 4 heteroatoms. The van der Waals surface area contributed by atoms with Crippen LogP contribution in [0, 0.1) is 0 Å². The smallest absolute Gasteiger partial charge is 0.161 e. The van der Waals surface area contributed by atoms with E-state index in [0.717, 1.165) is 24.5 Å². The summed E-state index contributed by atoms with van der Waals surface area (Å²) >= 11 is 0. The summed E-state index contributed by atoms with van der Waals surface area (Å²) in [5, 5.41) is 3.54. The van der Waals surface area contributed by atoms with Gasteiger partial charge in [-0.3, -0.25) is 4.98 Å². The largest absolute Gasteiger partial charge is 0.493 e. The van der Waals surface area contributed by atoms with Gasteiger partial charge in [0.25, 0.3) is 0 Å². The van der Waals surface area contributed by atoms with Gasteiger partial charge in [-0.2, -0.15) is 0 Å². The Hall–Kier alpha value is -2.07. The second kappa shape index (κ2) is 5.51. The molecule has 0 unspecified atom stereocenters. The molecule has 1 aliphatic heterocycles. The highest BCUT2D eigenvalue weighted by molar-refractivity contribution is 5.51.